The van der Waals surface area contributed by atoms with Crippen molar-refractivity contribution in [2.24, 2.45) is 0 Å². The summed E-state index contributed by atoms with van der Waals surface area (Å²) in [4.78, 5) is 6.84. The molecule has 4 heteroatoms. The molecule has 1 aromatic carbocycles. The summed E-state index contributed by atoms with van der Waals surface area (Å²) in [5, 5.41) is 3.87. The lowest BCUT2D eigenvalue weighted by Gasteiger charge is -2.24. The van der Waals surface area contributed by atoms with Gasteiger partial charge in [0.2, 0.25) is 0 Å². The minimum Gasteiger partial charge on any atom is -0.318 e. The Kier molecular flexibility index (Phi) is 3.94. The number of nitrogens with zero attached hydrogens (tertiary/aromatic N) is 2. The highest BCUT2D eigenvalue weighted by Gasteiger charge is 2.24. The summed E-state index contributed by atoms with van der Waals surface area (Å²) in [5.74, 6) is -0.190. The minimum absolute atomic E-state index is 0.190. The Morgan fingerprint density at radius 3 is 3.15 bits per heavy atom. The van der Waals surface area contributed by atoms with Crippen molar-refractivity contribution in [3.63, 3.8) is 0 Å². The Morgan fingerprint density at radius 1 is 1.40 bits per heavy atom. The fraction of sp³-hybridized carbons (Fsp3) is 0.438. The molecule has 0 radical (unpaired) electrons. The first-order chi connectivity index (χ1) is 9.79. The first-order valence-electron chi connectivity index (χ1n) is 7.20. The maximum absolute atomic E-state index is 13.8. The number of fused-ring (bicyclic) bond motifs is 1. The van der Waals surface area contributed by atoms with E-state index in [2.05, 4.69) is 15.2 Å². The van der Waals surface area contributed by atoms with E-state index in [1.807, 2.05) is 13.1 Å². The third kappa shape index (κ3) is 2.53. The first kappa shape index (κ1) is 13.5. The predicted octanol–water partition coefficient (Wildman–Crippen LogP) is 2.56. The van der Waals surface area contributed by atoms with E-state index >= 15 is 0 Å². The second-order valence-corrected chi connectivity index (χ2v) is 5.43. The molecule has 1 saturated heterocycles. The second kappa shape index (κ2) is 5.85. The van der Waals surface area contributed by atoms with Gasteiger partial charge in [-0.1, -0.05) is 6.07 Å². The van der Waals surface area contributed by atoms with Crippen molar-refractivity contribution in [2.45, 2.75) is 25.4 Å². The maximum Gasteiger partial charge on any atom is 0.132 e. The van der Waals surface area contributed by atoms with Gasteiger partial charge in [0.05, 0.1) is 5.52 Å². The molecule has 1 aromatic heterocycles. The normalized spacial score (nSPS) is 19.8. The standard InChI is InChI=1S/C16H20FN3/c1-18-10-13-4-3-9-20(13)11-12-6-7-15(17)14-5-2-8-19-16(12)14/h2,5-8,13,18H,3-4,9-11H2,1H3. The van der Waals surface area contributed by atoms with Crippen LogP contribution in [0.3, 0.4) is 0 Å². The number of hydrogen-bond acceptors (Lipinski definition) is 3. The van der Waals surface area contributed by atoms with Gasteiger partial charge >= 0.3 is 0 Å². The number of hydrogen-bond donors (Lipinski definition) is 1. The van der Waals surface area contributed by atoms with Gasteiger partial charge in [-0.05, 0) is 50.2 Å². The summed E-state index contributed by atoms with van der Waals surface area (Å²) < 4.78 is 13.8. The lowest BCUT2D eigenvalue weighted by Crippen LogP contribution is -2.36. The number of likely N-dealkylation sites (N-methyl/N-ethyl adjacent to an activating group) is 1. The summed E-state index contributed by atoms with van der Waals surface area (Å²) >= 11 is 0. The molecule has 0 spiro atoms. The Hall–Kier alpha value is -1.52. The molecule has 0 bridgehead atoms. The minimum atomic E-state index is -0.190. The van der Waals surface area contributed by atoms with Crippen LogP contribution in [-0.4, -0.2) is 36.1 Å². The molecule has 0 amide bonds. The van der Waals surface area contributed by atoms with Gasteiger partial charge in [-0.2, -0.15) is 0 Å². The lowest BCUT2D eigenvalue weighted by molar-refractivity contribution is 0.243. The summed E-state index contributed by atoms with van der Waals surface area (Å²) in [6.45, 7) is 2.96. The average Bonchev–Trinajstić information content (AvgIpc) is 2.90. The van der Waals surface area contributed by atoms with Crippen molar-refractivity contribution in [2.75, 3.05) is 20.1 Å². The summed E-state index contributed by atoms with van der Waals surface area (Å²) in [6.07, 6.45) is 4.20. The lowest BCUT2D eigenvalue weighted by atomic mass is 10.1. The van der Waals surface area contributed by atoms with Gasteiger partial charge in [-0.25, -0.2) is 4.39 Å². The molecule has 2 aromatic rings. The van der Waals surface area contributed by atoms with Gasteiger partial charge in [0.1, 0.15) is 5.82 Å². The van der Waals surface area contributed by atoms with E-state index < -0.39 is 0 Å². The van der Waals surface area contributed by atoms with Gasteiger partial charge in [0.25, 0.3) is 0 Å². The molecule has 1 unspecified atom stereocenters. The number of rotatable bonds is 4. The molecular weight excluding hydrogens is 253 g/mol. The topological polar surface area (TPSA) is 28.2 Å². The van der Waals surface area contributed by atoms with E-state index in [9.17, 15) is 4.39 Å². The van der Waals surface area contributed by atoms with Gasteiger partial charge < -0.3 is 5.32 Å². The van der Waals surface area contributed by atoms with Crippen LogP contribution in [0.5, 0.6) is 0 Å². The van der Waals surface area contributed by atoms with Crippen molar-refractivity contribution < 1.29 is 4.39 Å². The van der Waals surface area contributed by atoms with Crippen molar-refractivity contribution >= 4 is 10.9 Å². The van der Waals surface area contributed by atoms with Crippen LogP contribution >= 0.6 is 0 Å². The highest BCUT2D eigenvalue weighted by Crippen LogP contribution is 2.24. The second-order valence-electron chi connectivity index (χ2n) is 5.43. The number of benzene rings is 1. The van der Waals surface area contributed by atoms with Crippen LogP contribution in [0.4, 0.5) is 4.39 Å². The average molecular weight is 273 g/mol. The third-order valence-electron chi connectivity index (χ3n) is 4.11. The van der Waals surface area contributed by atoms with Crippen molar-refractivity contribution in [3.05, 3.63) is 41.8 Å². The largest absolute Gasteiger partial charge is 0.318 e. The molecule has 3 rings (SSSR count). The molecule has 0 aliphatic carbocycles. The Labute approximate surface area is 118 Å². The van der Waals surface area contributed by atoms with Crippen LogP contribution < -0.4 is 5.32 Å². The molecule has 3 nitrogen and oxygen atoms in total. The van der Waals surface area contributed by atoms with Gasteiger partial charge in [0, 0.05) is 30.7 Å². The van der Waals surface area contributed by atoms with Crippen molar-refractivity contribution in [1.82, 2.24) is 15.2 Å². The molecule has 106 valence electrons. The summed E-state index contributed by atoms with van der Waals surface area (Å²) in [7, 11) is 1.99. The molecule has 1 N–H and O–H groups in total. The van der Waals surface area contributed by atoms with Gasteiger partial charge in [0.15, 0.2) is 0 Å². The molecule has 20 heavy (non-hydrogen) atoms. The molecule has 0 saturated carbocycles. The number of aromatic nitrogens is 1. The zero-order valence-electron chi connectivity index (χ0n) is 11.8. The van der Waals surface area contributed by atoms with Crippen LogP contribution in [0.25, 0.3) is 10.9 Å². The van der Waals surface area contributed by atoms with Gasteiger partial charge in [-0.15, -0.1) is 0 Å². The zero-order valence-corrected chi connectivity index (χ0v) is 11.8. The number of nitrogens with one attached hydrogen (secondary N) is 1. The number of likely N-dealkylation sites (tertiary alicyclic amines) is 1. The third-order valence-corrected chi connectivity index (χ3v) is 4.11. The summed E-state index contributed by atoms with van der Waals surface area (Å²) in [5.41, 5.74) is 1.91. The Balaban J connectivity index is 1.89. The first-order valence-corrected chi connectivity index (χ1v) is 7.20. The Morgan fingerprint density at radius 2 is 2.30 bits per heavy atom. The smallest absolute Gasteiger partial charge is 0.132 e. The fourth-order valence-electron chi connectivity index (χ4n) is 3.11. The van der Waals surface area contributed by atoms with Crippen LogP contribution in [0.1, 0.15) is 18.4 Å². The monoisotopic (exact) mass is 273 g/mol. The van der Waals surface area contributed by atoms with E-state index in [0.717, 1.165) is 30.7 Å². The molecular formula is C16H20FN3. The van der Waals surface area contributed by atoms with Crippen LogP contribution in [0, 0.1) is 5.82 Å². The molecule has 1 aliphatic rings. The van der Waals surface area contributed by atoms with E-state index in [1.54, 1.807) is 24.4 Å². The quantitative estimate of drug-likeness (QED) is 0.928. The van der Waals surface area contributed by atoms with Crippen molar-refractivity contribution in [1.29, 1.82) is 0 Å². The maximum atomic E-state index is 13.8. The van der Waals surface area contributed by atoms with Crippen LogP contribution in [-0.2, 0) is 6.54 Å². The highest BCUT2D eigenvalue weighted by molar-refractivity contribution is 5.82. The zero-order chi connectivity index (χ0) is 13.9. The Bertz CT molecular complexity index is 599. The predicted molar refractivity (Wildman–Crippen MR) is 79.1 cm³/mol. The number of halogens is 1. The van der Waals surface area contributed by atoms with E-state index in [-0.39, 0.29) is 5.82 Å². The highest BCUT2D eigenvalue weighted by atomic mass is 19.1. The molecule has 2 heterocycles. The molecule has 1 aliphatic heterocycles. The van der Waals surface area contributed by atoms with Crippen LogP contribution in [0.15, 0.2) is 30.5 Å². The molecule has 1 fully saturated rings. The SMILES string of the molecule is CNCC1CCCN1Cc1ccc(F)c2cccnc12. The van der Waals surface area contributed by atoms with E-state index in [4.69, 9.17) is 0 Å². The fourth-order valence-corrected chi connectivity index (χ4v) is 3.11. The van der Waals surface area contributed by atoms with E-state index in [1.165, 1.54) is 12.8 Å². The number of pyridine rings is 1. The van der Waals surface area contributed by atoms with Gasteiger partial charge in [-0.3, -0.25) is 9.88 Å². The van der Waals surface area contributed by atoms with E-state index in [0.29, 0.717) is 11.4 Å². The van der Waals surface area contributed by atoms with Crippen LogP contribution in [0.2, 0.25) is 0 Å². The van der Waals surface area contributed by atoms with Crippen molar-refractivity contribution in [3.8, 4) is 0 Å². The summed E-state index contributed by atoms with van der Waals surface area (Å²) in [6, 6.07) is 7.59. The molecule has 1 atom stereocenters.